The van der Waals surface area contributed by atoms with Crippen LogP contribution in [0, 0.1) is 6.92 Å². The number of ether oxygens (including phenoxy) is 1. The summed E-state index contributed by atoms with van der Waals surface area (Å²) in [6.07, 6.45) is 2.33. The third-order valence-electron chi connectivity index (χ3n) is 8.14. The van der Waals surface area contributed by atoms with E-state index in [0.29, 0.717) is 35.6 Å². The van der Waals surface area contributed by atoms with Crippen molar-refractivity contribution in [1.29, 1.82) is 0 Å². The minimum Gasteiger partial charge on any atom is -0.352 e. The van der Waals surface area contributed by atoms with Crippen LogP contribution in [0.25, 0.3) is 11.2 Å². The third kappa shape index (κ3) is 4.94. The Balaban J connectivity index is 1.31. The lowest BCUT2D eigenvalue weighted by atomic mass is 9.75. The smallest absolute Gasteiger partial charge is 0.256 e. The van der Waals surface area contributed by atoms with E-state index < -0.39 is 11.8 Å². The minimum atomic E-state index is -0.623. The second-order valence-electron chi connectivity index (χ2n) is 10.8. The molecule has 2 aromatic heterocycles. The van der Waals surface area contributed by atoms with Crippen molar-refractivity contribution in [2.75, 3.05) is 18.4 Å². The van der Waals surface area contributed by atoms with Gasteiger partial charge in [-0.25, -0.2) is 15.0 Å². The molecule has 8 heteroatoms. The molecule has 7 rings (SSSR count). The number of amides is 1. The summed E-state index contributed by atoms with van der Waals surface area (Å²) in [5.41, 5.74) is 4.40. The Morgan fingerprint density at radius 1 is 0.750 bits per heavy atom. The fourth-order valence-corrected chi connectivity index (χ4v) is 6.25. The van der Waals surface area contributed by atoms with Crippen LogP contribution in [0.5, 0.6) is 0 Å². The number of benzene rings is 4. The van der Waals surface area contributed by atoms with Crippen molar-refractivity contribution in [1.82, 2.24) is 24.4 Å². The van der Waals surface area contributed by atoms with E-state index >= 15 is 0 Å². The van der Waals surface area contributed by atoms with Gasteiger partial charge >= 0.3 is 0 Å². The van der Waals surface area contributed by atoms with E-state index in [4.69, 9.17) is 4.74 Å². The quantitative estimate of drug-likeness (QED) is 0.230. The maximum absolute atomic E-state index is 12.9. The molecule has 0 bridgehead atoms. The summed E-state index contributed by atoms with van der Waals surface area (Å²) in [6.45, 7) is 5.50. The van der Waals surface area contributed by atoms with Crippen LogP contribution in [0.4, 0.5) is 5.82 Å². The van der Waals surface area contributed by atoms with Gasteiger partial charge in [0.1, 0.15) is 12.6 Å². The zero-order valence-electron chi connectivity index (χ0n) is 24.0. The third-order valence-corrected chi connectivity index (χ3v) is 8.14. The molecule has 1 N–H and O–H groups in total. The van der Waals surface area contributed by atoms with Gasteiger partial charge in [-0.15, -0.1) is 0 Å². The van der Waals surface area contributed by atoms with Crippen LogP contribution < -0.4 is 5.32 Å². The van der Waals surface area contributed by atoms with Gasteiger partial charge in [0.2, 0.25) is 0 Å². The number of carbonyl (C=O) groups excluding carboxylic acids is 1. The number of imidazole rings is 1. The number of hydrogen-bond acceptors (Lipinski definition) is 6. The monoisotopic (exact) mass is 579 g/mol. The molecule has 4 aromatic carbocycles. The maximum atomic E-state index is 12.9. The highest BCUT2D eigenvalue weighted by Crippen LogP contribution is 2.44. The molecule has 1 fully saturated rings. The average molecular weight is 580 g/mol. The predicted octanol–water partition coefficient (Wildman–Crippen LogP) is 6.10. The van der Waals surface area contributed by atoms with Gasteiger partial charge in [-0.1, -0.05) is 109 Å². The molecule has 1 aliphatic heterocycles. The number of hydrogen-bond donors (Lipinski definition) is 1. The second-order valence-corrected chi connectivity index (χ2v) is 10.8. The van der Waals surface area contributed by atoms with Crippen LogP contribution in [-0.2, 0) is 10.3 Å². The van der Waals surface area contributed by atoms with E-state index in [1.807, 2.05) is 41.0 Å². The van der Waals surface area contributed by atoms with E-state index in [2.05, 4.69) is 105 Å². The lowest BCUT2D eigenvalue weighted by Gasteiger charge is -2.50. The van der Waals surface area contributed by atoms with Gasteiger partial charge in [0.25, 0.3) is 5.91 Å². The lowest BCUT2D eigenvalue weighted by Crippen LogP contribution is -2.56. The number of anilines is 1. The van der Waals surface area contributed by atoms with E-state index in [9.17, 15) is 4.79 Å². The van der Waals surface area contributed by atoms with E-state index in [-0.39, 0.29) is 12.0 Å². The molecular weight excluding hydrogens is 548 g/mol. The Labute approximate surface area is 256 Å². The number of rotatable bonds is 7. The molecule has 44 heavy (non-hydrogen) atoms. The van der Waals surface area contributed by atoms with Crippen LogP contribution >= 0.6 is 0 Å². The van der Waals surface area contributed by atoms with Gasteiger partial charge in [-0.2, -0.15) is 0 Å². The Hall–Kier alpha value is -5.18. The Bertz CT molecular complexity index is 1770. The van der Waals surface area contributed by atoms with Crippen molar-refractivity contribution < 1.29 is 9.53 Å². The summed E-state index contributed by atoms with van der Waals surface area (Å²) < 4.78 is 8.39. The summed E-state index contributed by atoms with van der Waals surface area (Å²) >= 11 is 0. The van der Waals surface area contributed by atoms with Crippen molar-refractivity contribution in [3.63, 3.8) is 0 Å². The summed E-state index contributed by atoms with van der Waals surface area (Å²) in [7, 11) is 0. The molecule has 6 aromatic rings. The number of carbonyl (C=O) groups is 1. The summed E-state index contributed by atoms with van der Waals surface area (Å²) in [6, 6.07) is 40.8. The highest BCUT2D eigenvalue weighted by molar-refractivity contribution is 6.06. The average Bonchev–Trinajstić information content (AvgIpc) is 3.52. The standard InChI is InChI=1S/C36H31N6O2/c1-26-22-41(36(28-16-8-3-9-17-28,29-18-10-4-11-19-29)30-20-12-5-13-21-30)23-31(44-26)42-25-39-32-33(37-24-38-34(32)42)40-35(43)27-14-6-2-7-15-27/h2-21,24-26,31H,1,22-23H2,(H,37,38,40,43)/t26-,31+/m0/s1. The molecule has 1 saturated heterocycles. The van der Waals surface area contributed by atoms with E-state index in [1.54, 1.807) is 18.5 Å². The van der Waals surface area contributed by atoms with Crippen LogP contribution in [0.3, 0.4) is 0 Å². The maximum Gasteiger partial charge on any atom is 0.256 e. The topological polar surface area (TPSA) is 85.2 Å². The number of nitrogens with one attached hydrogen (secondary N) is 1. The van der Waals surface area contributed by atoms with Crippen molar-refractivity contribution >= 4 is 22.9 Å². The molecule has 217 valence electrons. The van der Waals surface area contributed by atoms with Gasteiger partial charge < -0.3 is 10.1 Å². The minimum absolute atomic E-state index is 0.267. The largest absolute Gasteiger partial charge is 0.352 e. The van der Waals surface area contributed by atoms with Gasteiger partial charge in [-0.3, -0.25) is 14.3 Å². The molecule has 0 saturated carbocycles. The predicted molar refractivity (Wildman–Crippen MR) is 170 cm³/mol. The summed E-state index contributed by atoms with van der Waals surface area (Å²) in [4.78, 5) is 28.9. The molecule has 1 amide bonds. The van der Waals surface area contributed by atoms with Gasteiger partial charge in [-0.05, 0) is 35.7 Å². The molecule has 0 spiro atoms. The SMILES string of the molecule is [CH2][C@H]1CN(C(c2ccccc2)(c2ccccc2)c2ccccc2)C[C@H](n2cnc3c(NC(=O)c4ccccc4)ncnc32)O1. The first-order valence-electron chi connectivity index (χ1n) is 14.6. The number of aromatic nitrogens is 4. The highest BCUT2D eigenvalue weighted by Gasteiger charge is 2.45. The second kappa shape index (κ2) is 11.8. The number of morpholine rings is 1. The molecule has 1 aliphatic rings. The first-order valence-corrected chi connectivity index (χ1v) is 14.6. The van der Waals surface area contributed by atoms with Crippen molar-refractivity contribution in [2.45, 2.75) is 17.9 Å². The fraction of sp³-hybridized carbons (Fsp3) is 0.139. The zero-order valence-corrected chi connectivity index (χ0v) is 24.0. The van der Waals surface area contributed by atoms with E-state index in [1.165, 1.54) is 6.33 Å². The molecule has 0 aliphatic carbocycles. The Morgan fingerprint density at radius 2 is 1.30 bits per heavy atom. The fourth-order valence-electron chi connectivity index (χ4n) is 6.25. The summed E-state index contributed by atoms with van der Waals surface area (Å²) in [5.74, 6) is 0.0741. The first-order chi connectivity index (χ1) is 21.6. The van der Waals surface area contributed by atoms with E-state index in [0.717, 1.165) is 16.7 Å². The van der Waals surface area contributed by atoms with Crippen LogP contribution in [-0.4, -0.2) is 49.5 Å². The molecule has 8 nitrogen and oxygen atoms in total. The van der Waals surface area contributed by atoms with Crippen LogP contribution in [0.2, 0.25) is 0 Å². The van der Waals surface area contributed by atoms with Gasteiger partial charge in [0.15, 0.2) is 17.0 Å². The molecule has 3 heterocycles. The number of fused-ring (bicyclic) bond motifs is 1. The van der Waals surface area contributed by atoms with Gasteiger partial charge in [0, 0.05) is 18.7 Å². The normalized spacial score (nSPS) is 17.4. The van der Waals surface area contributed by atoms with Crippen LogP contribution in [0.15, 0.2) is 134 Å². The molecule has 2 atom stereocenters. The van der Waals surface area contributed by atoms with Crippen molar-refractivity contribution in [3.8, 4) is 0 Å². The zero-order chi connectivity index (χ0) is 29.9. The summed E-state index contributed by atoms with van der Waals surface area (Å²) in [5, 5.41) is 2.89. The van der Waals surface area contributed by atoms with Gasteiger partial charge in [0.05, 0.1) is 18.0 Å². The molecule has 1 radical (unpaired) electrons. The van der Waals surface area contributed by atoms with Crippen molar-refractivity contribution in [2.24, 2.45) is 0 Å². The molecule has 0 unspecified atom stereocenters. The van der Waals surface area contributed by atoms with Crippen LogP contribution in [0.1, 0.15) is 33.3 Å². The number of nitrogens with zero attached hydrogens (tertiary/aromatic N) is 5. The Kier molecular flexibility index (Phi) is 7.43. The Morgan fingerprint density at radius 3 is 1.86 bits per heavy atom. The van der Waals surface area contributed by atoms with Crippen molar-refractivity contribution in [3.05, 3.63) is 163 Å². The highest BCUT2D eigenvalue weighted by atomic mass is 16.5. The lowest BCUT2D eigenvalue weighted by molar-refractivity contribution is -0.119. The first kappa shape index (κ1) is 27.6. The molecular formula is C36H31N6O2.